The van der Waals surface area contributed by atoms with E-state index in [2.05, 4.69) is 5.32 Å². The average molecular weight is 501 g/mol. The summed E-state index contributed by atoms with van der Waals surface area (Å²) in [6.45, 7) is 0.390. The van der Waals surface area contributed by atoms with Gasteiger partial charge in [0.15, 0.2) is 9.84 Å². The lowest BCUT2D eigenvalue weighted by atomic mass is 9.91. The molecule has 1 aromatic heterocycles. The first-order chi connectivity index (χ1) is 16.5. The Morgan fingerprint density at radius 2 is 2.00 bits per heavy atom. The first-order valence-corrected chi connectivity index (χ1v) is 12.9. The van der Waals surface area contributed by atoms with Crippen LogP contribution in [0.3, 0.4) is 0 Å². The van der Waals surface area contributed by atoms with E-state index in [0.717, 1.165) is 18.4 Å². The Morgan fingerprint density at radius 1 is 1.26 bits per heavy atom. The summed E-state index contributed by atoms with van der Waals surface area (Å²) in [6, 6.07) is 4.11. The maximum atomic E-state index is 14.9. The van der Waals surface area contributed by atoms with Gasteiger partial charge in [-0.25, -0.2) is 17.2 Å². The van der Waals surface area contributed by atoms with E-state index in [1.165, 1.54) is 15.5 Å². The minimum absolute atomic E-state index is 0.0428. The number of nitrogens with one attached hydrogen (secondary N) is 1. The number of primary amides is 1. The summed E-state index contributed by atoms with van der Waals surface area (Å²) in [4.78, 5) is 27.5. The van der Waals surface area contributed by atoms with Crippen molar-refractivity contribution in [2.75, 3.05) is 23.5 Å². The van der Waals surface area contributed by atoms with Crippen LogP contribution in [0.2, 0.25) is 0 Å². The van der Waals surface area contributed by atoms with Gasteiger partial charge in [-0.15, -0.1) is 0 Å². The summed E-state index contributed by atoms with van der Waals surface area (Å²) in [7, 11) is -1.96. The number of aromatic nitrogens is 1. The fourth-order valence-corrected chi connectivity index (χ4v) is 5.91. The van der Waals surface area contributed by atoms with Crippen LogP contribution in [0.25, 0.3) is 11.3 Å². The minimum Gasteiger partial charge on any atom is -0.384 e. The van der Waals surface area contributed by atoms with Gasteiger partial charge < -0.3 is 20.5 Å². The third kappa shape index (κ3) is 3.66. The predicted molar refractivity (Wildman–Crippen MR) is 128 cm³/mol. The van der Waals surface area contributed by atoms with E-state index in [-0.39, 0.29) is 22.5 Å². The van der Waals surface area contributed by atoms with Gasteiger partial charge in [0.2, 0.25) is 0 Å². The van der Waals surface area contributed by atoms with Gasteiger partial charge in [0, 0.05) is 43.3 Å². The molecule has 3 N–H and O–H groups in total. The van der Waals surface area contributed by atoms with E-state index >= 15 is 0 Å². The number of allylic oxidation sites excluding steroid dienone is 1. The number of carbonyl (C=O) groups excluding carboxylic acids is 1. The van der Waals surface area contributed by atoms with Crippen LogP contribution in [0.15, 0.2) is 58.2 Å². The summed E-state index contributed by atoms with van der Waals surface area (Å²) in [5, 5.41) is 3.24. The Kier molecular flexibility index (Phi) is 5.20. The van der Waals surface area contributed by atoms with E-state index in [9.17, 15) is 26.8 Å². The summed E-state index contributed by atoms with van der Waals surface area (Å²) in [6.07, 6.45) is 4.59. The molecule has 0 saturated heterocycles. The number of nitrogens with two attached hydrogens (primary N) is 1. The van der Waals surface area contributed by atoms with Crippen LogP contribution in [0.4, 0.5) is 14.5 Å². The molecule has 0 saturated carbocycles. The highest BCUT2D eigenvalue weighted by Gasteiger charge is 2.45. The number of halogens is 2. The van der Waals surface area contributed by atoms with E-state index in [1.807, 2.05) is 0 Å². The molecule has 1 aromatic carbocycles. The highest BCUT2D eigenvalue weighted by molar-refractivity contribution is 7.91. The number of benzene rings is 1. The molecule has 1 amide bonds. The second-order valence-electron chi connectivity index (χ2n) is 8.87. The maximum absolute atomic E-state index is 14.9. The maximum Gasteiger partial charge on any atom is 0.266 e. The molecular formula is C24H22F2N4O4S. The van der Waals surface area contributed by atoms with Crippen LogP contribution in [0, 0.1) is 11.6 Å². The van der Waals surface area contributed by atoms with Crippen LogP contribution in [0.5, 0.6) is 0 Å². The van der Waals surface area contributed by atoms with E-state index < -0.39 is 39.2 Å². The summed E-state index contributed by atoms with van der Waals surface area (Å²) < 4.78 is 54.6. The van der Waals surface area contributed by atoms with Crippen LogP contribution >= 0.6 is 0 Å². The SMILES string of the molecule is Cn1ccc2c(c1=O)C1=C3C(=C(C(N)=O)N(c4ccc(F)cc4F)C3CCN1)C=C2CS(C)(=O)=O. The first kappa shape index (κ1) is 23.0. The third-order valence-corrected chi connectivity index (χ3v) is 7.26. The van der Waals surface area contributed by atoms with Crippen molar-refractivity contribution >= 4 is 32.7 Å². The van der Waals surface area contributed by atoms with Gasteiger partial charge in [-0.3, -0.25) is 9.59 Å². The van der Waals surface area contributed by atoms with Crippen molar-refractivity contribution in [2.24, 2.45) is 12.8 Å². The zero-order chi connectivity index (χ0) is 25.2. The second kappa shape index (κ2) is 7.91. The number of hydrogen-bond donors (Lipinski definition) is 2. The molecule has 8 nitrogen and oxygen atoms in total. The first-order valence-electron chi connectivity index (χ1n) is 10.8. The number of sulfone groups is 1. The molecule has 3 heterocycles. The number of hydrogen-bond acceptors (Lipinski definition) is 6. The van der Waals surface area contributed by atoms with Crippen LogP contribution in [-0.4, -0.2) is 43.5 Å². The molecule has 1 unspecified atom stereocenters. The average Bonchev–Trinajstić information content (AvgIpc) is 3.01. The number of aryl methyl sites for hydroxylation is 1. The predicted octanol–water partition coefficient (Wildman–Crippen LogP) is 1.44. The molecular weight excluding hydrogens is 478 g/mol. The number of pyridine rings is 1. The van der Waals surface area contributed by atoms with Crippen LogP contribution in [-0.2, 0) is 21.7 Å². The van der Waals surface area contributed by atoms with Gasteiger partial charge >= 0.3 is 0 Å². The molecule has 35 heavy (non-hydrogen) atoms. The zero-order valence-corrected chi connectivity index (χ0v) is 19.7. The quantitative estimate of drug-likeness (QED) is 0.657. The van der Waals surface area contributed by atoms with Crippen LogP contribution < -0.4 is 21.5 Å². The topological polar surface area (TPSA) is 114 Å². The number of nitrogens with zero attached hydrogens (tertiary/aromatic N) is 2. The largest absolute Gasteiger partial charge is 0.384 e. The Morgan fingerprint density at radius 3 is 2.66 bits per heavy atom. The molecule has 1 aliphatic carbocycles. The fourth-order valence-electron chi connectivity index (χ4n) is 5.10. The Labute approximate surface area is 200 Å². The van der Waals surface area contributed by atoms with Crippen molar-refractivity contribution in [3.63, 3.8) is 0 Å². The van der Waals surface area contributed by atoms with Crippen molar-refractivity contribution < 1.29 is 22.0 Å². The summed E-state index contributed by atoms with van der Waals surface area (Å²) in [5.41, 5.74) is 7.64. The Bertz CT molecular complexity index is 1570. The number of anilines is 1. The van der Waals surface area contributed by atoms with Crippen molar-refractivity contribution in [2.45, 2.75) is 12.5 Å². The molecule has 1 atom stereocenters. The molecule has 2 aliphatic heterocycles. The number of amides is 1. The monoisotopic (exact) mass is 500 g/mol. The van der Waals surface area contributed by atoms with Gasteiger partial charge in [-0.1, -0.05) is 0 Å². The van der Waals surface area contributed by atoms with Gasteiger partial charge in [-0.05, 0) is 41.8 Å². The molecule has 3 aliphatic rings. The van der Waals surface area contributed by atoms with Crippen molar-refractivity contribution in [1.29, 1.82) is 0 Å². The molecule has 0 spiro atoms. The van der Waals surface area contributed by atoms with Crippen molar-refractivity contribution in [1.82, 2.24) is 9.88 Å². The lowest BCUT2D eigenvalue weighted by Gasteiger charge is -2.33. The standard InChI is InChI=1S/C24H22F2N4O4S/c1-29-8-6-14-12(11-35(2,33)34)9-15-19-18(5-7-28-21(19)20(14)24(29)32)30(22(15)23(27)31)17-4-3-13(25)10-16(17)26/h3-4,6,8-10,18,28H,5,7,11H2,1-2H3,(H2,27,31). The van der Waals surface area contributed by atoms with Crippen LogP contribution in [0.1, 0.15) is 17.5 Å². The van der Waals surface area contributed by atoms with Gasteiger partial charge in [0.05, 0.1) is 28.7 Å². The fraction of sp³-hybridized carbons (Fsp3) is 0.250. The van der Waals surface area contributed by atoms with E-state index in [4.69, 9.17) is 5.73 Å². The number of fused-ring (bicyclic) bond motifs is 2. The van der Waals surface area contributed by atoms with E-state index in [1.54, 1.807) is 25.4 Å². The molecule has 0 radical (unpaired) electrons. The zero-order valence-electron chi connectivity index (χ0n) is 18.9. The molecule has 0 fully saturated rings. The number of carbonyl (C=O) groups is 1. The summed E-state index contributed by atoms with van der Waals surface area (Å²) in [5.74, 6) is -2.90. The lowest BCUT2D eigenvalue weighted by molar-refractivity contribution is -0.114. The van der Waals surface area contributed by atoms with Gasteiger partial charge in [0.1, 0.15) is 17.3 Å². The summed E-state index contributed by atoms with van der Waals surface area (Å²) >= 11 is 0. The van der Waals surface area contributed by atoms with Gasteiger partial charge in [-0.2, -0.15) is 0 Å². The number of rotatable bonds is 4. The second-order valence-corrected chi connectivity index (χ2v) is 11.0. The highest BCUT2D eigenvalue weighted by atomic mass is 32.2. The molecule has 2 aromatic rings. The Hall–Kier alpha value is -3.73. The lowest BCUT2D eigenvalue weighted by Crippen LogP contribution is -2.41. The molecule has 11 heteroatoms. The molecule has 0 bridgehead atoms. The Balaban J connectivity index is 1.90. The third-order valence-electron chi connectivity index (χ3n) is 6.42. The molecule has 182 valence electrons. The normalized spacial score (nSPS) is 19.1. The smallest absolute Gasteiger partial charge is 0.266 e. The highest BCUT2D eigenvalue weighted by Crippen LogP contribution is 2.47. The van der Waals surface area contributed by atoms with Gasteiger partial charge in [0.25, 0.3) is 11.5 Å². The minimum atomic E-state index is -3.54. The van der Waals surface area contributed by atoms with Crippen molar-refractivity contribution in [3.8, 4) is 0 Å². The van der Waals surface area contributed by atoms with E-state index in [0.29, 0.717) is 40.9 Å². The molecule has 5 rings (SSSR count). The van der Waals surface area contributed by atoms with Crippen molar-refractivity contribution in [3.05, 3.63) is 86.5 Å².